The first-order valence-electron chi connectivity index (χ1n) is 9.31. The number of ether oxygens (including phenoxy) is 1. The number of nitro benzene ring substituents is 1. The van der Waals surface area contributed by atoms with Crippen molar-refractivity contribution in [2.24, 2.45) is 0 Å². The van der Waals surface area contributed by atoms with E-state index in [1.54, 1.807) is 19.2 Å². The third kappa shape index (κ3) is 5.15. The van der Waals surface area contributed by atoms with E-state index in [2.05, 4.69) is 15.9 Å². The number of methoxy groups -OCH3 is 1. The Hall–Kier alpha value is -2.29. The summed E-state index contributed by atoms with van der Waals surface area (Å²) < 4.78 is 17.8. The molecule has 0 saturated carbocycles. The zero-order valence-corrected chi connectivity index (χ0v) is 16.8. The Morgan fingerprint density at radius 2 is 1.75 bits per heavy atom. The molecular formula is C20H25N3O4S. The monoisotopic (exact) mass is 403 g/mol. The van der Waals surface area contributed by atoms with Crippen LogP contribution in [0.1, 0.15) is 6.42 Å². The summed E-state index contributed by atoms with van der Waals surface area (Å²) in [5.41, 5.74) is 1.15. The summed E-state index contributed by atoms with van der Waals surface area (Å²) in [5.74, 6) is 1.46. The van der Waals surface area contributed by atoms with Crippen LogP contribution >= 0.6 is 0 Å². The van der Waals surface area contributed by atoms with Gasteiger partial charge in [-0.15, -0.1) is 0 Å². The molecule has 1 aliphatic rings. The van der Waals surface area contributed by atoms with Crippen molar-refractivity contribution in [2.75, 3.05) is 50.5 Å². The Morgan fingerprint density at radius 3 is 2.39 bits per heavy atom. The Bertz CT molecular complexity index is 779. The minimum absolute atomic E-state index is 0.0219. The number of para-hydroxylation sites is 2. The molecule has 0 radical (unpaired) electrons. The fraction of sp³-hybridized carbons (Fsp3) is 0.400. The van der Waals surface area contributed by atoms with Crippen molar-refractivity contribution in [1.29, 1.82) is 0 Å². The minimum Gasteiger partial charge on any atom is -0.611 e. The van der Waals surface area contributed by atoms with Crippen molar-refractivity contribution in [2.45, 2.75) is 11.3 Å². The Labute approximate surface area is 168 Å². The molecule has 0 aliphatic carbocycles. The summed E-state index contributed by atoms with van der Waals surface area (Å²) in [5, 5.41) is 10.7. The van der Waals surface area contributed by atoms with Crippen molar-refractivity contribution >= 4 is 22.6 Å². The van der Waals surface area contributed by atoms with Gasteiger partial charge in [-0.05, 0) is 35.4 Å². The summed E-state index contributed by atoms with van der Waals surface area (Å²) in [7, 11) is 1.69. The second-order valence-corrected chi connectivity index (χ2v) is 8.23. The van der Waals surface area contributed by atoms with Crippen LogP contribution < -0.4 is 9.64 Å². The number of rotatable bonds is 8. The second kappa shape index (κ2) is 9.77. The van der Waals surface area contributed by atoms with Gasteiger partial charge in [0, 0.05) is 51.3 Å². The van der Waals surface area contributed by atoms with Crippen molar-refractivity contribution in [1.82, 2.24) is 4.90 Å². The molecule has 1 unspecified atom stereocenters. The Balaban J connectivity index is 1.42. The van der Waals surface area contributed by atoms with E-state index in [0.29, 0.717) is 10.6 Å². The standard InChI is InChI=1S/C20H25N3O4S/c1-27-20-6-3-2-5-19(20)22-14-12-21(13-15-22)11-4-16-28(26)18-9-7-17(8-10-18)23(24)25/h2-3,5-10H,4,11-16H2,1H3. The van der Waals surface area contributed by atoms with Crippen LogP contribution in [0.3, 0.4) is 0 Å². The van der Waals surface area contributed by atoms with Gasteiger partial charge >= 0.3 is 0 Å². The molecule has 0 aromatic heterocycles. The molecule has 1 heterocycles. The highest BCUT2D eigenvalue weighted by atomic mass is 32.2. The lowest BCUT2D eigenvalue weighted by molar-refractivity contribution is -0.384. The van der Waals surface area contributed by atoms with Crippen molar-refractivity contribution < 1.29 is 14.2 Å². The zero-order chi connectivity index (χ0) is 19.9. The summed E-state index contributed by atoms with van der Waals surface area (Å²) in [6, 6.07) is 14.0. The summed E-state index contributed by atoms with van der Waals surface area (Å²) in [6.07, 6.45) is 0.832. The van der Waals surface area contributed by atoms with E-state index in [-0.39, 0.29) is 5.69 Å². The molecular weight excluding hydrogens is 378 g/mol. The minimum atomic E-state index is -1.13. The Morgan fingerprint density at radius 1 is 1.07 bits per heavy atom. The quantitative estimate of drug-likeness (QED) is 0.383. The highest BCUT2D eigenvalue weighted by molar-refractivity contribution is 7.91. The first-order chi connectivity index (χ1) is 13.6. The number of piperazine rings is 1. The zero-order valence-electron chi connectivity index (χ0n) is 16.0. The molecule has 8 heteroatoms. The molecule has 3 rings (SSSR count). The molecule has 0 amide bonds. The fourth-order valence-electron chi connectivity index (χ4n) is 3.36. The number of anilines is 1. The fourth-order valence-corrected chi connectivity index (χ4v) is 4.43. The highest BCUT2D eigenvalue weighted by Gasteiger charge is 2.20. The lowest BCUT2D eigenvalue weighted by atomic mass is 10.2. The number of benzene rings is 2. The first-order valence-corrected chi connectivity index (χ1v) is 10.6. The van der Waals surface area contributed by atoms with Crippen molar-refractivity contribution in [3.8, 4) is 5.75 Å². The lowest BCUT2D eigenvalue weighted by Crippen LogP contribution is -2.46. The maximum Gasteiger partial charge on any atom is 0.269 e. The van der Waals surface area contributed by atoms with Gasteiger partial charge in [0.15, 0.2) is 4.90 Å². The van der Waals surface area contributed by atoms with Crippen LogP contribution in [0.4, 0.5) is 11.4 Å². The van der Waals surface area contributed by atoms with Gasteiger partial charge in [0.25, 0.3) is 5.69 Å². The summed E-state index contributed by atoms with van der Waals surface area (Å²) >= 11 is -1.13. The van der Waals surface area contributed by atoms with Crippen LogP contribution in [0, 0.1) is 10.1 Å². The molecule has 150 valence electrons. The van der Waals surface area contributed by atoms with E-state index in [0.717, 1.165) is 50.6 Å². The number of hydrogen-bond donors (Lipinski definition) is 0. The predicted molar refractivity (Wildman–Crippen MR) is 111 cm³/mol. The highest BCUT2D eigenvalue weighted by Crippen LogP contribution is 2.28. The van der Waals surface area contributed by atoms with Crippen LogP contribution in [0.15, 0.2) is 53.4 Å². The van der Waals surface area contributed by atoms with Crippen molar-refractivity contribution in [3.05, 3.63) is 58.6 Å². The maximum atomic E-state index is 12.4. The predicted octanol–water partition coefficient (Wildman–Crippen LogP) is 2.92. The molecule has 2 aromatic carbocycles. The van der Waals surface area contributed by atoms with Gasteiger partial charge in [0.1, 0.15) is 11.5 Å². The lowest BCUT2D eigenvalue weighted by Gasteiger charge is -2.36. The first kappa shape index (κ1) is 20.4. The number of non-ortho nitro benzene ring substituents is 1. The van der Waals surface area contributed by atoms with Gasteiger partial charge < -0.3 is 14.2 Å². The third-order valence-electron chi connectivity index (χ3n) is 4.91. The van der Waals surface area contributed by atoms with Gasteiger partial charge in [-0.1, -0.05) is 12.1 Å². The molecule has 28 heavy (non-hydrogen) atoms. The summed E-state index contributed by atoms with van der Waals surface area (Å²) in [4.78, 5) is 15.6. The van der Waals surface area contributed by atoms with E-state index in [1.165, 1.54) is 12.1 Å². The molecule has 1 atom stereocenters. The van der Waals surface area contributed by atoms with E-state index < -0.39 is 16.1 Å². The molecule has 0 bridgehead atoms. The molecule has 2 aromatic rings. The van der Waals surface area contributed by atoms with Gasteiger partial charge in [-0.2, -0.15) is 0 Å². The number of hydrogen-bond acceptors (Lipinski definition) is 6. The van der Waals surface area contributed by atoms with Crippen LogP contribution in [0.5, 0.6) is 5.75 Å². The van der Waals surface area contributed by atoms with E-state index in [1.807, 2.05) is 18.2 Å². The number of nitrogens with zero attached hydrogens (tertiary/aromatic N) is 3. The van der Waals surface area contributed by atoms with E-state index >= 15 is 0 Å². The Kier molecular flexibility index (Phi) is 7.13. The van der Waals surface area contributed by atoms with Crippen LogP contribution in [-0.4, -0.2) is 60.0 Å². The molecule has 0 N–H and O–H groups in total. The molecule has 1 fully saturated rings. The molecule has 7 nitrogen and oxygen atoms in total. The normalized spacial score (nSPS) is 16.0. The molecule has 1 saturated heterocycles. The number of nitro groups is 1. The smallest absolute Gasteiger partial charge is 0.269 e. The van der Waals surface area contributed by atoms with Gasteiger partial charge in [-0.3, -0.25) is 15.0 Å². The van der Waals surface area contributed by atoms with Crippen molar-refractivity contribution in [3.63, 3.8) is 0 Å². The van der Waals surface area contributed by atoms with Gasteiger partial charge in [0.2, 0.25) is 0 Å². The average molecular weight is 404 g/mol. The molecule has 0 spiro atoms. The van der Waals surface area contributed by atoms with Gasteiger partial charge in [-0.25, -0.2) is 0 Å². The molecule has 1 aliphatic heterocycles. The van der Waals surface area contributed by atoms with Gasteiger partial charge in [0.05, 0.1) is 17.7 Å². The second-order valence-electron chi connectivity index (χ2n) is 6.65. The van der Waals surface area contributed by atoms with Crippen LogP contribution in [0.25, 0.3) is 0 Å². The average Bonchev–Trinajstić information content (AvgIpc) is 2.74. The largest absolute Gasteiger partial charge is 0.611 e. The SMILES string of the molecule is COc1ccccc1N1CCN(CCC[S+]([O-])c2ccc([N+](=O)[O-])cc2)CC1. The van der Waals surface area contributed by atoms with E-state index in [4.69, 9.17) is 4.74 Å². The van der Waals surface area contributed by atoms with Crippen LogP contribution in [0.2, 0.25) is 0 Å². The third-order valence-corrected chi connectivity index (χ3v) is 6.37. The van der Waals surface area contributed by atoms with E-state index in [9.17, 15) is 14.7 Å². The maximum absolute atomic E-state index is 12.4. The summed E-state index contributed by atoms with van der Waals surface area (Å²) in [6.45, 7) is 4.69. The topological polar surface area (TPSA) is 81.9 Å². The van der Waals surface area contributed by atoms with Crippen LogP contribution in [-0.2, 0) is 11.2 Å².